The Morgan fingerprint density at radius 3 is 2.69 bits per heavy atom. The van der Waals surface area contributed by atoms with Crippen LogP contribution in [-0.4, -0.2) is 50.7 Å². The zero-order valence-corrected chi connectivity index (χ0v) is 10.2. The largest absolute Gasteiger partial charge is 0.372 e. The summed E-state index contributed by atoms with van der Waals surface area (Å²) >= 11 is 0. The summed E-state index contributed by atoms with van der Waals surface area (Å²) in [6.45, 7) is 2.58. The van der Waals surface area contributed by atoms with E-state index in [1.165, 1.54) is 0 Å². The standard InChI is InChI=1S/C10H16N4OS/c1-11-10-7-12-9(6-13-10)8-14-2-4-16(15)5-3-14/h6-7H,2-5,8H2,1H3,(H,11,13). The lowest BCUT2D eigenvalue weighted by molar-refractivity contribution is 0.287. The van der Waals surface area contributed by atoms with Crippen molar-refractivity contribution in [1.29, 1.82) is 0 Å². The van der Waals surface area contributed by atoms with E-state index in [1.54, 1.807) is 12.4 Å². The lowest BCUT2D eigenvalue weighted by atomic mass is 10.4. The molecule has 1 fully saturated rings. The monoisotopic (exact) mass is 240 g/mol. The van der Waals surface area contributed by atoms with Crippen molar-refractivity contribution in [3.05, 3.63) is 18.1 Å². The molecular weight excluding hydrogens is 224 g/mol. The van der Waals surface area contributed by atoms with Crippen LogP contribution in [0.25, 0.3) is 0 Å². The van der Waals surface area contributed by atoms with Gasteiger partial charge in [0.25, 0.3) is 0 Å². The van der Waals surface area contributed by atoms with E-state index in [4.69, 9.17) is 0 Å². The molecule has 0 aliphatic carbocycles. The van der Waals surface area contributed by atoms with Crippen molar-refractivity contribution in [3.8, 4) is 0 Å². The van der Waals surface area contributed by atoms with Gasteiger partial charge in [0.05, 0.1) is 18.1 Å². The van der Waals surface area contributed by atoms with Crippen LogP contribution in [0, 0.1) is 0 Å². The molecule has 1 aliphatic heterocycles. The molecule has 1 N–H and O–H groups in total. The summed E-state index contributed by atoms with van der Waals surface area (Å²) in [5.41, 5.74) is 0.965. The molecule has 0 saturated carbocycles. The summed E-state index contributed by atoms with van der Waals surface area (Å²) in [5.74, 6) is 2.34. The number of rotatable bonds is 3. The second-order valence-electron chi connectivity index (χ2n) is 3.77. The maximum Gasteiger partial charge on any atom is 0.144 e. The highest BCUT2D eigenvalue weighted by Crippen LogP contribution is 2.06. The first kappa shape index (κ1) is 11.5. The van der Waals surface area contributed by atoms with Crippen molar-refractivity contribution < 1.29 is 4.21 Å². The zero-order valence-electron chi connectivity index (χ0n) is 9.35. The second kappa shape index (κ2) is 5.36. The molecule has 1 aromatic heterocycles. The van der Waals surface area contributed by atoms with Crippen LogP contribution in [0.5, 0.6) is 0 Å². The van der Waals surface area contributed by atoms with Gasteiger partial charge in [-0.1, -0.05) is 0 Å². The number of aromatic nitrogens is 2. The fourth-order valence-electron chi connectivity index (χ4n) is 1.63. The van der Waals surface area contributed by atoms with Crippen molar-refractivity contribution in [2.45, 2.75) is 6.54 Å². The summed E-state index contributed by atoms with van der Waals surface area (Å²) in [7, 11) is 1.21. The van der Waals surface area contributed by atoms with E-state index in [2.05, 4.69) is 20.2 Å². The van der Waals surface area contributed by atoms with Gasteiger partial charge in [0.2, 0.25) is 0 Å². The molecule has 1 saturated heterocycles. The number of nitrogens with zero attached hydrogens (tertiary/aromatic N) is 3. The first-order valence-electron chi connectivity index (χ1n) is 5.34. The topological polar surface area (TPSA) is 58.1 Å². The predicted octanol–water partition coefficient (Wildman–Crippen LogP) is 0.0826. The Labute approximate surface area is 97.7 Å². The Balaban J connectivity index is 1.90. The van der Waals surface area contributed by atoms with E-state index >= 15 is 0 Å². The van der Waals surface area contributed by atoms with Gasteiger partial charge >= 0.3 is 0 Å². The molecule has 0 radical (unpaired) electrons. The molecule has 0 amide bonds. The third-order valence-electron chi connectivity index (χ3n) is 2.62. The van der Waals surface area contributed by atoms with Gasteiger partial charge in [0.15, 0.2) is 0 Å². The maximum absolute atomic E-state index is 11.2. The van der Waals surface area contributed by atoms with E-state index in [0.717, 1.165) is 42.7 Å². The summed E-state index contributed by atoms with van der Waals surface area (Å²) in [4.78, 5) is 10.8. The van der Waals surface area contributed by atoms with E-state index < -0.39 is 10.8 Å². The number of hydrogen-bond donors (Lipinski definition) is 1. The fourth-order valence-corrected chi connectivity index (χ4v) is 2.76. The number of nitrogens with one attached hydrogen (secondary N) is 1. The van der Waals surface area contributed by atoms with E-state index in [9.17, 15) is 4.21 Å². The molecule has 6 heteroatoms. The van der Waals surface area contributed by atoms with Crippen molar-refractivity contribution >= 4 is 16.6 Å². The van der Waals surface area contributed by atoms with E-state index in [0.29, 0.717) is 0 Å². The van der Waals surface area contributed by atoms with Gasteiger partial charge in [-0.25, -0.2) is 4.98 Å². The van der Waals surface area contributed by atoms with Crippen LogP contribution >= 0.6 is 0 Å². The highest BCUT2D eigenvalue weighted by atomic mass is 32.2. The molecule has 1 aromatic rings. The number of hydrogen-bond acceptors (Lipinski definition) is 5. The lowest BCUT2D eigenvalue weighted by Gasteiger charge is -2.25. The summed E-state index contributed by atoms with van der Waals surface area (Å²) in [6.07, 6.45) is 3.52. The van der Waals surface area contributed by atoms with Crippen LogP contribution < -0.4 is 5.32 Å². The second-order valence-corrected chi connectivity index (χ2v) is 5.46. The maximum atomic E-state index is 11.2. The van der Waals surface area contributed by atoms with Gasteiger partial charge in [-0.05, 0) is 0 Å². The smallest absolute Gasteiger partial charge is 0.144 e. The minimum atomic E-state index is -0.612. The minimum Gasteiger partial charge on any atom is -0.372 e. The molecule has 16 heavy (non-hydrogen) atoms. The van der Waals surface area contributed by atoms with Crippen LogP contribution in [0.15, 0.2) is 12.4 Å². The van der Waals surface area contributed by atoms with Crippen LogP contribution in [0.3, 0.4) is 0 Å². The molecule has 0 aromatic carbocycles. The van der Waals surface area contributed by atoms with Crippen molar-refractivity contribution in [2.24, 2.45) is 0 Å². The number of anilines is 1. The van der Waals surface area contributed by atoms with Gasteiger partial charge in [-0.15, -0.1) is 0 Å². The first-order chi connectivity index (χ1) is 7.78. The van der Waals surface area contributed by atoms with Gasteiger partial charge in [-0.2, -0.15) is 0 Å². The zero-order chi connectivity index (χ0) is 11.4. The minimum absolute atomic E-state index is 0.612. The Morgan fingerprint density at radius 2 is 2.12 bits per heavy atom. The van der Waals surface area contributed by atoms with Crippen molar-refractivity contribution in [3.63, 3.8) is 0 Å². The highest BCUT2D eigenvalue weighted by Gasteiger charge is 2.15. The molecule has 2 rings (SSSR count). The Kier molecular flexibility index (Phi) is 3.84. The fraction of sp³-hybridized carbons (Fsp3) is 0.600. The van der Waals surface area contributed by atoms with Crippen LogP contribution in [-0.2, 0) is 17.3 Å². The molecule has 88 valence electrons. The van der Waals surface area contributed by atoms with Gasteiger partial charge in [0, 0.05) is 49.0 Å². The van der Waals surface area contributed by atoms with Crippen LogP contribution in [0.1, 0.15) is 5.69 Å². The third-order valence-corrected chi connectivity index (χ3v) is 3.89. The van der Waals surface area contributed by atoms with Gasteiger partial charge < -0.3 is 5.32 Å². The summed E-state index contributed by atoms with van der Waals surface area (Å²) in [5, 5.41) is 2.94. The molecule has 0 bridgehead atoms. The Morgan fingerprint density at radius 1 is 1.38 bits per heavy atom. The third kappa shape index (κ3) is 2.99. The molecule has 0 atom stereocenters. The summed E-state index contributed by atoms with van der Waals surface area (Å²) < 4.78 is 11.2. The Bertz CT molecular complexity index is 358. The molecule has 5 nitrogen and oxygen atoms in total. The van der Waals surface area contributed by atoms with Gasteiger partial charge in [-0.3, -0.25) is 14.1 Å². The lowest BCUT2D eigenvalue weighted by Crippen LogP contribution is -2.37. The molecule has 0 spiro atoms. The SMILES string of the molecule is CNc1cnc(CN2CCS(=O)CC2)cn1. The Hall–Kier alpha value is -1.01. The average Bonchev–Trinajstić information content (AvgIpc) is 2.33. The molecular formula is C10H16N4OS. The normalized spacial score (nSPS) is 18.6. The average molecular weight is 240 g/mol. The van der Waals surface area contributed by atoms with E-state index in [-0.39, 0.29) is 0 Å². The van der Waals surface area contributed by atoms with Crippen molar-refractivity contribution in [1.82, 2.24) is 14.9 Å². The van der Waals surface area contributed by atoms with Crippen LogP contribution in [0.2, 0.25) is 0 Å². The predicted molar refractivity (Wildman–Crippen MR) is 64.7 cm³/mol. The van der Waals surface area contributed by atoms with Crippen molar-refractivity contribution in [2.75, 3.05) is 37.0 Å². The molecule has 2 heterocycles. The first-order valence-corrected chi connectivity index (χ1v) is 6.83. The highest BCUT2D eigenvalue weighted by molar-refractivity contribution is 7.85. The molecule has 1 aliphatic rings. The molecule has 0 unspecified atom stereocenters. The van der Waals surface area contributed by atoms with E-state index in [1.807, 2.05) is 7.05 Å². The van der Waals surface area contributed by atoms with Gasteiger partial charge in [0.1, 0.15) is 5.82 Å². The quantitative estimate of drug-likeness (QED) is 0.811. The summed E-state index contributed by atoms with van der Waals surface area (Å²) in [6, 6.07) is 0. The van der Waals surface area contributed by atoms with Crippen LogP contribution in [0.4, 0.5) is 5.82 Å².